The van der Waals surface area contributed by atoms with Gasteiger partial charge in [-0.25, -0.2) is 4.98 Å². The SMILES string of the molecule is COc1ccc2c(c1)nc(N)n2C(C)C(N)=O. The minimum atomic E-state index is -0.534. The van der Waals surface area contributed by atoms with Crippen molar-refractivity contribution in [3.05, 3.63) is 18.2 Å². The van der Waals surface area contributed by atoms with Crippen LogP contribution in [0.15, 0.2) is 18.2 Å². The average molecular weight is 234 g/mol. The van der Waals surface area contributed by atoms with Crippen molar-refractivity contribution in [2.75, 3.05) is 12.8 Å². The van der Waals surface area contributed by atoms with Crippen LogP contribution in [0.25, 0.3) is 11.0 Å². The van der Waals surface area contributed by atoms with Crippen LogP contribution in [0.3, 0.4) is 0 Å². The third-order valence-corrected chi connectivity index (χ3v) is 2.72. The Kier molecular flexibility index (Phi) is 2.63. The number of methoxy groups -OCH3 is 1. The highest BCUT2D eigenvalue weighted by atomic mass is 16.5. The molecule has 2 aromatic rings. The van der Waals surface area contributed by atoms with Gasteiger partial charge in [-0.2, -0.15) is 0 Å². The van der Waals surface area contributed by atoms with E-state index in [2.05, 4.69) is 4.98 Å². The molecular formula is C11H14N4O2. The second kappa shape index (κ2) is 3.97. The molecule has 0 bridgehead atoms. The molecule has 1 atom stereocenters. The number of imidazole rings is 1. The first-order valence-electron chi connectivity index (χ1n) is 5.15. The molecule has 0 saturated heterocycles. The number of carbonyl (C=O) groups is 1. The van der Waals surface area contributed by atoms with Gasteiger partial charge in [0.05, 0.1) is 18.1 Å². The van der Waals surface area contributed by atoms with Gasteiger partial charge in [-0.05, 0) is 19.1 Å². The lowest BCUT2D eigenvalue weighted by Gasteiger charge is -2.12. The summed E-state index contributed by atoms with van der Waals surface area (Å²) in [5.41, 5.74) is 12.5. The predicted octanol–water partition coefficient (Wildman–Crippen LogP) is 0.673. The number of amides is 1. The first-order valence-corrected chi connectivity index (χ1v) is 5.15. The molecular weight excluding hydrogens is 220 g/mol. The van der Waals surface area contributed by atoms with E-state index in [0.717, 1.165) is 5.52 Å². The van der Waals surface area contributed by atoms with Crippen LogP contribution in [0.2, 0.25) is 0 Å². The van der Waals surface area contributed by atoms with Crippen molar-refractivity contribution >= 4 is 22.9 Å². The molecule has 4 N–H and O–H groups in total. The van der Waals surface area contributed by atoms with Gasteiger partial charge in [0, 0.05) is 6.07 Å². The molecule has 2 rings (SSSR count). The Bertz CT molecular complexity index is 576. The van der Waals surface area contributed by atoms with Crippen LogP contribution in [0.5, 0.6) is 5.75 Å². The summed E-state index contributed by atoms with van der Waals surface area (Å²) < 4.78 is 6.71. The molecule has 90 valence electrons. The number of carbonyl (C=O) groups excluding carboxylic acids is 1. The normalized spacial score (nSPS) is 12.6. The molecule has 6 nitrogen and oxygen atoms in total. The monoisotopic (exact) mass is 234 g/mol. The number of anilines is 1. The molecule has 0 spiro atoms. The van der Waals surface area contributed by atoms with E-state index in [-0.39, 0.29) is 5.95 Å². The van der Waals surface area contributed by atoms with Gasteiger partial charge in [0.1, 0.15) is 11.8 Å². The summed E-state index contributed by atoms with van der Waals surface area (Å²) in [5, 5.41) is 0. The molecule has 6 heteroatoms. The summed E-state index contributed by atoms with van der Waals surface area (Å²) in [6, 6.07) is 4.81. The first kappa shape index (κ1) is 11.3. The zero-order valence-corrected chi connectivity index (χ0v) is 9.68. The number of ether oxygens (including phenoxy) is 1. The number of hydrogen-bond donors (Lipinski definition) is 2. The van der Waals surface area contributed by atoms with Gasteiger partial charge in [-0.3, -0.25) is 9.36 Å². The Hall–Kier alpha value is -2.24. The number of rotatable bonds is 3. The first-order chi connectivity index (χ1) is 8.04. The minimum Gasteiger partial charge on any atom is -0.497 e. The van der Waals surface area contributed by atoms with Crippen molar-refractivity contribution in [3.8, 4) is 5.75 Å². The summed E-state index contributed by atoms with van der Waals surface area (Å²) in [6.45, 7) is 1.68. The van der Waals surface area contributed by atoms with Crippen molar-refractivity contribution in [2.45, 2.75) is 13.0 Å². The molecule has 0 aliphatic heterocycles. The van der Waals surface area contributed by atoms with Crippen LogP contribution < -0.4 is 16.2 Å². The third kappa shape index (κ3) is 1.77. The lowest BCUT2D eigenvalue weighted by atomic mass is 10.2. The summed E-state index contributed by atoms with van der Waals surface area (Å²) in [5.74, 6) is 0.500. The summed E-state index contributed by atoms with van der Waals surface area (Å²) in [6.07, 6.45) is 0. The Balaban J connectivity index is 2.64. The fourth-order valence-electron chi connectivity index (χ4n) is 1.76. The quantitative estimate of drug-likeness (QED) is 0.815. The van der Waals surface area contributed by atoms with Crippen molar-refractivity contribution in [2.24, 2.45) is 5.73 Å². The van der Waals surface area contributed by atoms with Crippen LogP contribution in [0.4, 0.5) is 5.95 Å². The fraction of sp³-hybridized carbons (Fsp3) is 0.273. The Morgan fingerprint density at radius 3 is 2.82 bits per heavy atom. The molecule has 1 unspecified atom stereocenters. The van der Waals surface area contributed by atoms with E-state index in [9.17, 15) is 4.79 Å². The fourth-order valence-corrected chi connectivity index (χ4v) is 1.76. The molecule has 1 aromatic carbocycles. The number of fused-ring (bicyclic) bond motifs is 1. The lowest BCUT2D eigenvalue weighted by molar-refractivity contribution is -0.120. The van der Waals surface area contributed by atoms with E-state index >= 15 is 0 Å². The lowest BCUT2D eigenvalue weighted by Crippen LogP contribution is -2.24. The van der Waals surface area contributed by atoms with E-state index in [1.54, 1.807) is 36.8 Å². The van der Waals surface area contributed by atoms with Crippen molar-refractivity contribution < 1.29 is 9.53 Å². The van der Waals surface area contributed by atoms with Gasteiger partial charge in [0.15, 0.2) is 0 Å². The van der Waals surface area contributed by atoms with E-state index < -0.39 is 11.9 Å². The standard InChI is InChI=1S/C11H14N4O2/c1-6(10(12)16)15-9-4-3-7(17-2)5-8(9)14-11(15)13/h3-6H,1-2H3,(H2,12,16)(H2,13,14). The van der Waals surface area contributed by atoms with Crippen LogP contribution in [0.1, 0.15) is 13.0 Å². The zero-order chi connectivity index (χ0) is 12.6. The second-order valence-electron chi connectivity index (χ2n) is 3.77. The van der Waals surface area contributed by atoms with Gasteiger partial charge in [0.2, 0.25) is 11.9 Å². The molecule has 1 heterocycles. The van der Waals surface area contributed by atoms with Crippen molar-refractivity contribution in [3.63, 3.8) is 0 Å². The van der Waals surface area contributed by atoms with E-state index in [4.69, 9.17) is 16.2 Å². The highest BCUT2D eigenvalue weighted by Crippen LogP contribution is 2.25. The van der Waals surface area contributed by atoms with Crippen LogP contribution in [-0.2, 0) is 4.79 Å². The maximum atomic E-state index is 11.2. The minimum absolute atomic E-state index is 0.263. The number of hydrogen-bond acceptors (Lipinski definition) is 4. The van der Waals surface area contributed by atoms with Gasteiger partial charge >= 0.3 is 0 Å². The molecule has 1 amide bonds. The molecule has 17 heavy (non-hydrogen) atoms. The maximum absolute atomic E-state index is 11.2. The van der Waals surface area contributed by atoms with Crippen LogP contribution in [0, 0.1) is 0 Å². The van der Waals surface area contributed by atoms with Gasteiger partial charge < -0.3 is 16.2 Å². The Morgan fingerprint density at radius 2 is 2.24 bits per heavy atom. The number of nitrogen functional groups attached to an aromatic ring is 1. The zero-order valence-electron chi connectivity index (χ0n) is 9.68. The van der Waals surface area contributed by atoms with Crippen molar-refractivity contribution in [1.29, 1.82) is 0 Å². The van der Waals surface area contributed by atoms with Crippen molar-refractivity contribution in [1.82, 2.24) is 9.55 Å². The van der Waals surface area contributed by atoms with Crippen LogP contribution in [-0.4, -0.2) is 22.6 Å². The van der Waals surface area contributed by atoms with Gasteiger partial charge in [-0.1, -0.05) is 0 Å². The van der Waals surface area contributed by atoms with Gasteiger partial charge in [0.25, 0.3) is 0 Å². The Morgan fingerprint density at radius 1 is 1.53 bits per heavy atom. The number of aromatic nitrogens is 2. The average Bonchev–Trinajstić information content (AvgIpc) is 2.62. The number of primary amides is 1. The molecule has 0 aliphatic rings. The van der Waals surface area contributed by atoms with Crippen LogP contribution >= 0.6 is 0 Å². The van der Waals surface area contributed by atoms with Gasteiger partial charge in [-0.15, -0.1) is 0 Å². The highest BCUT2D eigenvalue weighted by molar-refractivity contribution is 5.85. The molecule has 0 radical (unpaired) electrons. The predicted molar refractivity (Wildman–Crippen MR) is 64.6 cm³/mol. The highest BCUT2D eigenvalue weighted by Gasteiger charge is 2.18. The molecule has 0 aliphatic carbocycles. The molecule has 0 fully saturated rings. The molecule has 1 aromatic heterocycles. The number of nitrogens with two attached hydrogens (primary N) is 2. The summed E-state index contributed by atoms with van der Waals surface area (Å²) in [4.78, 5) is 15.4. The topological polar surface area (TPSA) is 96.2 Å². The Labute approximate surface area is 98.2 Å². The second-order valence-corrected chi connectivity index (χ2v) is 3.77. The summed E-state index contributed by atoms with van der Waals surface area (Å²) >= 11 is 0. The number of nitrogens with zero attached hydrogens (tertiary/aromatic N) is 2. The van der Waals surface area contributed by atoms with E-state index in [1.165, 1.54) is 0 Å². The maximum Gasteiger partial charge on any atom is 0.240 e. The smallest absolute Gasteiger partial charge is 0.240 e. The van der Waals surface area contributed by atoms with E-state index in [0.29, 0.717) is 11.3 Å². The third-order valence-electron chi connectivity index (χ3n) is 2.72. The molecule has 0 saturated carbocycles. The summed E-state index contributed by atoms with van der Waals surface area (Å²) in [7, 11) is 1.58. The number of benzene rings is 1. The largest absolute Gasteiger partial charge is 0.497 e. The van der Waals surface area contributed by atoms with E-state index in [1.807, 2.05) is 0 Å².